The second-order valence-electron chi connectivity index (χ2n) is 4.88. The summed E-state index contributed by atoms with van der Waals surface area (Å²) in [6, 6.07) is 31.4. The minimum Gasteiger partial charge on any atom is -0.214 e. The number of benzene rings is 2. The Morgan fingerprint density at radius 1 is 0.773 bits per heavy atom. The van der Waals surface area contributed by atoms with E-state index in [-0.39, 0.29) is 17.1 Å². The standard InChI is InChI=1S/C15H12P.C5H5.Fe/c16-15-10-4-9-14(15)13-8-3-6-11-5-1-2-7-12(11)13;1-2-4-5-3-1;/h1-10H,16H2;1-5H;/q2*-1;+2. The fourth-order valence-electron chi connectivity index (χ4n) is 2.46. The van der Waals surface area contributed by atoms with Gasteiger partial charge in [0.1, 0.15) is 0 Å². The molecule has 4 rings (SSSR count). The van der Waals surface area contributed by atoms with Gasteiger partial charge in [-0.05, 0) is 0 Å². The van der Waals surface area contributed by atoms with Crippen LogP contribution >= 0.6 is 9.24 Å². The van der Waals surface area contributed by atoms with Crippen LogP contribution in [0.3, 0.4) is 0 Å². The normalized spacial score (nSPS) is 9.68. The van der Waals surface area contributed by atoms with Crippen LogP contribution < -0.4 is 5.30 Å². The Labute approximate surface area is 144 Å². The summed E-state index contributed by atoms with van der Waals surface area (Å²) in [6.45, 7) is 0. The van der Waals surface area contributed by atoms with Crippen molar-refractivity contribution in [3.8, 4) is 11.1 Å². The Hall–Kier alpha value is -1.65. The van der Waals surface area contributed by atoms with E-state index in [1.165, 1.54) is 27.2 Å². The molecular formula is C20H17FeP. The Morgan fingerprint density at radius 2 is 1.50 bits per heavy atom. The fraction of sp³-hybridized carbons (Fsp3) is 0. The predicted molar refractivity (Wildman–Crippen MR) is 96.4 cm³/mol. The van der Waals surface area contributed by atoms with E-state index in [9.17, 15) is 0 Å². The first-order chi connectivity index (χ1) is 10.4. The molecule has 0 aliphatic heterocycles. The average Bonchev–Trinajstić information content (AvgIpc) is 3.21. The van der Waals surface area contributed by atoms with Gasteiger partial charge in [-0.1, -0.05) is 58.0 Å². The van der Waals surface area contributed by atoms with E-state index >= 15 is 0 Å². The molecule has 0 saturated carbocycles. The summed E-state index contributed by atoms with van der Waals surface area (Å²) in [5.41, 5.74) is 2.62. The molecule has 2 heteroatoms. The van der Waals surface area contributed by atoms with Gasteiger partial charge in [-0.25, -0.2) is 12.1 Å². The van der Waals surface area contributed by atoms with Crippen LogP contribution in [0.1, 0.15) is 0 Å². The molecule has 22 heavy (non-hydrogen) atoms. The molecule has 0 saturated heterocycles. The van der Waals surface area contributed by atoms with Crippen molar-refractivity contribution in [1.82, 2.24) is 0 Å². The van der Waals surface area contributed by atoms with E-state index < -0.39 is 0 Å². The minimum atomic E-state index is 0. The molecule has 0 amide bonds. The number of rotatable bonds is 1. The van der Waals surface area contributed by atoms with Gasteiger partial charge in [-0.15, -0.1) is 33.0 Å². The summed E-state index contributed by atoms with van der Waals surface area (Å²) in [4.78, 5) is 0. The number of fused-ring (bicyclic) bond motifs is 1. The van der Waals surface area contributed by atoms with Crippen molar-refractivity contribution in [3.05, 3.63) is 91.0 Å². The molecule has 4 aromatic rings. The van der Waals surface area contributed by atoms with Crippen LogP contribution in [0.4, 0.5) is 0 Å². The molecule has 0 nitrogen and oxygen atoms in total. The Morgan fingerprint density at radius 3 is 2.14 bits per heavy atom. The molecule has 0 N–H and O–H groups in total. The van der Waals surface area contributed by atoms with Crippen LogP contribution in [0, 0.1) is 0 Å². The Balaban J connectivity index is 0.000000253. The van der Waals surface area contributed by atoms with Gasteiger partial charge in [-0.2, -0.15) is 24.3 Å². The van der Waals surface area contributed by atoms with E-state index in [4.69, 9.17) is 0 Å². The monoisotopic (exact) mass is 344 g/mol. The van der Waals surface area contributed by atoms with Crippen molar-refractivity contribution in [2.75, 3.05) is 0 Å². The molecule has 0 aromatic heterocycles. The largest absolute Gasteiger partial charge is 2.00 e. The van der Waals surface area contributed by atoms with Gasteiger partial charge in [0.2, 0.25) is 0 Å². The summed E-state index contributed by atoms with van der Waals surface area (Å²) in [5, 5.41) is 3.88. The molecule has 0 aliphatic carbocycles. The van der Waals surface area contributed by atoms with Crippen molar-refractivity contribution < 1.29 is 17.1 Å². The van der Waals surface area contributed by atoms with Gasteiger partial charge >= 0.3 is 17.1 Å². The molecule has 0 radical (unpaired) electrons. The maximum Gasteiger partial charge on any atom is 2.00 e. The van der Waals surface area contributed by atoms with Crippen LogP contribution in [0.15, 0.2) is 91.0 Å². The average molecular weight is 344 g/mol. The zero-order valence-corrected chi connectivity index (χ0v) is 14.4. The summed E-state index contributed by atoms with van der Waals surface area (Å²) in [6.07, 6.45) is 0. The molecule has 1 unspecified atom stereocenters. The Bertz CT molecular complexity index is 790. The van der Waals surface area contributed by atoms with Crippen molar-refractivity contribution in [3.63, 3.8) is 0 Å². The molecule has 0 heterocycles. The fourth-order valence-corrected chi connectivity index (χ4v) is 2.82. The summed E-state index contributed by atoms with van der Waals surface area (Å²) in [5.74, 6) is 0. The van der Waals surface area contributed by atoms with Crippen molar-refractivity contribution in [2.24, 2.45) is 0 Å². The van der Waals surface area contributed by atoms with E-state index in [0.717, 1.165) is 0 Å². The van der Waals surface area contributed by atoms with Gasteiger partial charge < -0.3 is 0 Å². The first-order valence-corrected chi connectivity index (χ1v) is 7.60. The third kappa shape index (κ3) is 3.76. The van der Waals surface area contributed by atoms with Gasteiger partial charge in [0.05, 0.1) is 0 Å². The molecule has 4 aromatic carbocycles. The van der Waals surface area contributed by atoms with Crippen LogP contribution in [0.25, 0.3) is 21.9 Å². The Kier molecular flexibility index (Phi) is 6.16. The maximum absolute atomic E-state index is 2.80. The zero-order valence-electron chi connectivity index (χ0n) is 12.1. The quantitative estimate of drug-likeness (QED) is 0.255. The SMILES string of the molecule is Pc1ccc[c-]1-c1cccc2ccccc12.[Fe+2].c1cc[cH-]c1. The van der Waals surface area contributed by atoms with Gasteiger partial charge in [-0.3, -0.25) is 0 Å². The topological polar surface area (TPSA) is 0 Å². The van der Waals surface area contributed by atoms with Crippen molar-refractivity contribution in [2.45, 2.75) is 0 Å². The van der Waals surface area contributed by atoms with Gasteiger partial charge in [0, 0.05) is 0 Å². The second-order valence-corrected chi connectivity index (χ2v) is 5.51. The van der Waals surface area contributed by atoms with Gasteiger partial charge in [0.15, 0.2) is 0 Å². The molecular weight excluding hydrogens is 327 g/mol. The summed E-state index contributed by atoms with van der Waals surface area (Å²) in [7, 11) is 2.80. The number of hydrogen-bond acceptors (Lipinski definition) is 0. The van der Waals surface area contributed by atoms with E-state index in [1.807, 2.05) is 30.3 Å². The van der Waals surface area contributed by atoms with Crippen molar-refractivity contribution >= 4 is 25.3 Å². The maximum atomic E-state index is 2.80. The van der Waals surface area contributed by atoms with Crippen LogP contribution in [0.2, 0.25) is 0 Å². The van der Waals surface area contributed by atoms with Gasteiger partial charge in [0.25, 0.3) is 0 Å². The number of hydrogen-bond donors (Lipinski definition) is 0. The third-order valence-corrected chi connectivity index (χ3v) is 3.99. The zero-order chi connectivity index (χ0) is 14.5. The molecule has 0 aliphatic rings. The van der Waals surface area contributed by atoms with E-state index in [1.54, 1.807) is 0 Å². The summed E-state index contributed by atoms with van der Waals surface area (Å²) < 4.78 is 0. The third-order valence-electron chi connectivity index (χ3n) is 3.49. The predicted octanol–water partition coefficient (Wildman–Crippen LogP) is 5.13. The molecule has 110 valence electrons. The molecule has 0 spiro atoms. The van der Waals surface area contributed by atoms with Crippen LogP contribution in [0.5, 0.6) is 0 Å². The van der Waals surface area contributed by atoms with Crippen LogP contribution in [-0.4, -0.2) is 0 Å². The molecule has 0 fully saturated rings. The summed E-state index contributed by atoms with van der Waals surface area (Å²) >= 11 is 0. The molecule has 1 atom stereocenters. The smallest absolute Gasteiger partial charge is 0.214 e. The van der Waals surface area contributed by atoms with E-state index in [2.05, 4.69) is 69.9 Å². The molecule has 0 bridgehead atoms. The minimum absolute atomic E-state index is 0. The van der Waals surface area contributed by atoms with E-state index in [0.29, 0.717) is 0 Å². The first-order valence-electron chi connectivity index (χ1n) is 7.02. The first kappa shape index (κ1) is 16.7. The second kappa shape index (κ2) is 8.11. The van der Waals surface area contributed by atoms with Crippen molar-refractivity contribution in [1.29, 1.82) is 0 Å². The van der Waals surface area contributed by atoms with Crippen LogP contribution in [-0.2, 0) is 17.1 Å².